The molecule has 3 aromatic rings. The Labute approximate surface area is 122 Å². The molecule has 0 aliphatic heterocycles. The number of hydrogen-bond acceptors (Lipinski definition) is 3. The lowest BCUT2D eigenvalue weighted by Gasteiger charge is -2.13. The number of H-pyrrole nitrogens is 1. The summed E-state index contributed by atoms with van der Waals surface area (Å²) in [5.74, 6) is 0.0635. The van der Waals surface area contributed by atoms with Crippen LogP contribution in [-0.4, -0.2) is 30.0 Å². The fraction of sp³-hybridized carbons (Fsp3) is 0.125. The zero-order valence-electron chi connectivity index (χ0n) is 11.9. The molecule has 2 aromatic carbocycles. The lowest BCUT2D eigenvalue weighted by atomic mass is 10.2. The predicted molar refractivity (Wildman–Crippen MR) is 84.8 cm³/mol. The van der Waals surface area contributed by atoms with E-state index in [2.05, 4.69) is 15.3 Å². The third-order valence-electron chi connectivity index (χ3n) is 3.22. The van der Waals surface area contributed by atoms with Crippen molar-refractivity contribution in [1.29, 1.82) is 0 Å². The van der Waals surface area contributed by atoms with Crippen molar-refractivity contribution in [2.75, 3.05) is 24.3 Å². The lowest BCUT2D eigenvalue weighted by molar-refractivity contribution is 0.101. The van der Waals surface area contributed by atoms with Crippen LogP contribution in [0, 0.1) is 0 Å². The summed E-state index contributed by atoms with van der Waals surface area (Å²) >= 11 is 0. The van der Waals surface area contributed by atoms with E-state index in [1.165, 1.54) is 0 Å². The molecule has 0 saturated heterocycles. The van der Waals surface area contributed by atoms with Gasteiger partial charge in [-0.3, -0.25) is 4.79 Å². The molecule has 1 heterocycles. The van der Waals surface area contributed by atoms with Gasteiger partial charge < -0.3 is 15.2 Å². The number of anilines is 2. The maximum absolute atomic E-state index is 12.2. The first-order chi connectivity index (χ1) is 10.1. The number of aromatic nitrogens is 2. The molecule has 0 radical (unpaired) electrons. The van der Waals surface area contributed by atoms with E-state index in [0.717, 1.165) is 22.4 Å². The van der Waals surface area contributed by atoms with Crippen LogP contribution in [0.15, 0.2) is 48.5 Å². The number of para-hydroxylation sites is 2. The average Bonchev–Trinajstić information content (AvgIpc) is 2.91. The number of imidazole rings is 1. The minimum absolute atomic E-state index is 0.248. The van der Waals surface area contributed by atoms with Crippen LogP contribution >= 0.6 is 0 Å². The van der Waals surface area contributed by atoms with Crippen molar-refractivity contribution in [3.63, 3.8) is 0 Å². The van der Waals surface area contributed by atoms with E-state index in [0.29, 0.717) is 5.82 Å². The molecular weight excluding hydrogens is 264 g/mol. The molecule has 5 nitrogen and oxygen atoms in total. The smallest absolute Gasteiger partial charge is 0.291 e. The summed E-state index contributed by atoms with van der Waals surface area (Å²) in [5, 5.41) is 2.86. The van der Waals surface area contributed by atoms with Crippen molar-refractivity contribution < 1.29 is 4.79 Å². The molecule has 2 N–H and O–H groups in total. The summed E-state index contributed by atoms with van der Waals surface area (Å²) in [5.41, 5.74) is 3.40. The standard InChI is InChI=1S/C16H16N4O/c1-20(2)12-7-5-6-11(10-12)17-16(21)15-18-13-8-3-4-9-14(13)19-15/h3-10H,1-2H3,(H,17,21)(H,18,19). The van der Waals surface area contributed by atoms with Gasteiger partial charge in [-0.2, -0.15) is 0 Å². The molecule has 0 aliphatic carbocycles. The first-order valence-corrected chi connectivity index (χ1v) is 6.67. The van der Waals surface area contributed by atoms with Crippen molar-refractivity contribution >= 4 is 28.3 Å². The van der Waals surface area contributed by atoms with E-state index in [9.17, 15) is 4.79 Å². The normalized spacial score (nSPS) is 10.6. The highest BCUT2D eigenvalue weighted by Gasteiger charge is 2.11. The van der Waals surface area contributed by atoms with Gasteiger partial charge in [0, 0.05) is 25.5 Å². The van der Waals surface area contributed by atoms with Crippen LogP contribution in [0.2, 0.25) is 0 Å². The van der Waals surface area contributed by atoms with Gasteiger partial charge in [-0.25, -0.2) is 4.98 Å². The van der Waals surface area contributed by atoms with E-state index in [4.69, 9.17) is 0 Å². The Bertz CT molecular complexity index is 759. The topological polar surface area (TPSA) is 61.0 Å². The van der Waals surface area contributed by atoms with Gasteiger partial charge >= 0.3 is 0 Å². The predicted octanol–water partition coefficient (Wildman–Crippen LogP) is 2.88. The van der Waals surface area contributed by atoms with Crippen LogP contribution in [0.3, 0.4) is 0 Å². The van der Waals surface area contributed by atoms with Gasteiger partial charge in [0.2, 0.25) is 0 Å². The highest BCUT2D eigenvalue weighted by Crippen LogP contribution is 2.18. The minimum Gasteiger partial charge on any atom is -0.378 e. The third kappa shape index (κ3) is 2.72. The number of nitrogens with one attached hydrogen (secondary N) is 2. The summed E-state index contributed by atoms with van der Waals surface area (Å²) in [6.45, 7) is 0. The Morgan fingerprint density at radius 2 is 1.95 bits per heavy atom. The number of carbonyl (C=O) groups excluding carboxylic acids is 1. The highest BCUT2D eigenvalue weighted by molar-refractivity contribution is 6.03. The van der Waals surface area contributed by atoms with Gasteiger partial charge in [0.1, 0.15) is 0 Å². The minimum atomic E-state index is -0.248. The zero-order chi connectivity index (χ0) is 14.8. The Kier molecular flexibility index (Phi) is 3.31. The molecule has 21 heavy (non-hydrogen) atoms. The summed E-state index contributed by atoms with van der Waals surface area (Å²) in [6.07, 6.45) is 0. The van der Waals surface area contributed by atoms with Crippen LogP contribution in [0.25, 0.3) is 11.0 Å². The third-order valence-corrected chi connectivity index (χ3v) is 3.22. The van der Waals surface area contributed by atoms with Gasteiger partial charge in [0.05, 0.1) is 11.0 Å². The largest absolute Gasteiger partial charge is 0.378 e. The number of aromatic amines is 1. The molecule has 0 saturated carbocycles. The first-order valence-electron chi connectivity index (χ1n) is 6.67. The molecule has 1 aromatic heterocycles. The van der Waals surface area contributed by atoms with Crippen LogP contribution < -0.4 is 10.2 Å². The SMILES string of the molecule is CN(C)c1cccc(NC(=O)c2nc3ccccc3[nH]2)c1. The van der Waals surface area contributed by atoms with E-state index < -0.39 is 0 Å². The Morgan fingerprint density at radius 1 is 1.14 bits per heavy atom. The van der Waals surface area contributed by atoms with Crippen molar-refractivity contribution in [1.82, 2.24) is 9.97 Å². The zero-order valence-corrected chi connectivity index (χ0v) is 11.9. The van der Waals surface area contributed by atoms with E-state index >= 15 is 0 Å². The van der Waals surface area contributed by atoms with Crippen LogP contribution in [0.5, 0.6) is 0 Å². The molecule has 5 heteroatoms. The molecule has 3 rings (SSSR count). The number of amides is 1. The second-order valence-electron chi connectivity index (χ2n) is 5.00. The van der Waals surface area contributed by atoms with Gasteiger partial charge in [0.25, 0.3) is 5.91 Å². The summed E-state index contributed by atoms with van der Waals surface area (Å²) in [4.78, 5) is 21.5. The molecule has 0 bridgehead atoms. The second-order valence-corrected chi connectivity index (χ2v) is 5.00. The fourth-order valence-corrected chi connectivity index (χ4v) is 2.11. The second kappa shape index (κ2) is 5.28. The molecule has 1 amide bonds. The molecule has 0 spiro atoms. The molecule has 0 unspecified atom stereocenters. The summed E-state index contributed by atoms with van der Waals surface area (Å²) in [7, 11) is 3.92. The Hall–Kier alpha value is -2.82. The van der Waals surface area contributed by atoms with Crippen molar-refractivity contribution in [2.24, 2.45) is 0 Å². The van der Waals surface area contributed by atoms with Crippen molar-refractivity contribution in [3.05, 3.63) is 54.4 Å². The summed E-state index contributed by atoms with van der Waals surface area (Å²) in [6, 6.07) is 15.2. The van der Waals surface area contributed by atoms with Crippen molar-refractivity contribution in [2.45, 2.75) is 0 Å². The van der Waals surface area contributed by atoms with Gasteiger partial charge in [-0.05, 0) is 30.3 Å². The molecule has 106 valence electrons. The van der Waals surface area contributed by atoms with Gasteiger partial charge in [0.15, 0.2) is 5.82 Å². The number of carbonyl (C=O) groups is 1. The number of fused-ring (bicyclic) bond motifs is 1. The van der Waals surface area contributed by atoms with E-state index in [-0.39, 0.29) is 5.91 Å². The highest BCUT2D eigenvalue weighted by atomic mass is 16.2. The summed E-state index contributed by atoms with van der Waals surface area (Å²) < 4.78 is 0. The fourth-order valence-electron chi connectivity index (χ4n) is 2.11. The van der Waals surface area contributed by atoms with Crippen LogP contribution in [-0.2, 0) is 0 Å². The number of nitrogens with zero attached hydrogens (tertiary/aromatic N) is 2. The Morgan fingerprint density at radius 3 is 2.71 bits per heavy atom. The molecular formula is C16H16N4O. The maximum Gasteiger partial charge on any atom is 0.291 e. The first kappa shape index (κ1) is 13.2. The monoisotopic (exact) mass is 280 g/mol. The van der Waals surface area contributed by atoms with Gasteiger partial charge in [-0.1, -0.05) is 18.2 Å². The van der Waals surface area contributed by atoms with Crippen LogP contribution in [0.1, 0.15) is 10.6 Å². The molecule has 0 aliphatic rings. The lowest BCUT2D eigenvalue weighted by Crippen LogP contribution is -2.14. The number of hydrogen-bond donors (Lipinski definition) is 2. The number of benzene rings is 2. The maximum atomic E-state index is 12.2. The molecule has 0 atom stereocenters. The van der Waals surface area contributed by atoms with Crippen molar-refractivity contribution in [3.8, 4) is 0 Å². The van der Waals surface area contributed by atoms with Crippen LogP contribution in [0.4, 0.5) is 11.4 Å². The van der Waals surface area contributed by atoms with E-state index in [1.54, 1.807) is 0 Å². The van der Waals surface area contributed by atoms with E-state index in [1.807, 2.05) is 67.5 Å². The molecule has 0 fully saturated rings. The average molecular weight is 280 g/mol. The Balaban J connectivity index is 1.84. The quantitative estimate of drug-likeness (QED) is 0.775. The van der Waals surface area contributed by atoms with Gasteiger partial charge in [-0.15, -0.1) is 0 Å². The number of rotatable bonds is 3.